The predicted molar refractivity (Wildman–Crippen MR) is 64.4 cm³/mol. The van der Waals surface area contributed by atoms with E-state index in [9.17, 15) is 4.79 Å². The SMILES string of the molecule is Cc1ccc(C(=O)OC(C)C)cc1I. The van der Waals surface area contributed by atoms with E-state index in [-0.39, 0.29) is 12.1 Å². The molecule has 0 aliphatic rings. The lowest BCUT2D eigenvalue weighted by Gasteiger charge is -2.08. The van der Waals surface area contributed by atoms with Crippen molar-refractivity contribution in [1.29, 1.82) is 0 Å². The Balaban J connectivity index is 2.86. The second-order valence-electron chi connectivity index (χ2n) is 3.42. The maximum atomic E-state index is 11.5. The van der Waals surface area contributed by atoms with Gasteiger partial charge in [-0.15, -0.1) is 0 Å². The molecule has 1 aromatic rings. The van der Waals surface area contributed by atoms with Gasteiger partial charge in [-0.2, -0.15) is 0 Å². The molecular formula is C11H13IO2. The van der Waals surface area contributed by atoms with Gasteiger partial charge in [0.2, 0.25) is 0 Å². The molecule has 76 valence electrons. The van der Waals surface area contributed by atoms with Gasteiger partial charge in [0.25, 0.3) is 0 Å². The van der Waals surface area contributed by atoms with Crippen molar-refractivity contribution in [3.05, 3.63) is 32.9 Å². The largest absolute Gasteiger partial charge is 0.459 e. The normalized spacial score (nSPS) is 10.4. The van der Waals surface area contributed by atoms with E-state index in [0.29, 0.717) is 5.56 Å². The quantitative estimate of drug-likeness (QED) is 0.620. The molecule has 3 heteroatoms. The van der Waals surface area contributed by atoms with E-state index in [1.165, 1.54) is 5.56 Å². The highest BCUT2D eigenvalue weighted by molar-refractivity contribution is 14.1. The fraction of sp³-hybridized carbons (Fsp3) is 0.364. The van der Waals surface area contributed by atoms with Gasteiger partial charge in [-0.3, -0.25) is 0 Å². The summed E-state index contributed by atoms with van der Waals surface area (Å²) in [5.74, 6) is -0.252. The molecule has 0 aliphatic heterocycles. The van der Waals surface area contributed by atoms with E-state index < -0.39 is 0 Å². The first-order valence-corrected chi connectivity index (χ1v) is 5.55. The number of carbonyl (C=O) groups is 1. The fourth-order valence-electron chi connectivity index (χ4n) is 1.00. The van der Waals surface area contributed by atoms with Crippen LogP contribution in [0.25, 0.3) is 0 Å². The van der Waals surface area contributed by atoms with Crippen LogP contribution < -0.4 is 0 Å². The molecule has 0 aliphatic carbocycles. The monoisotopic (exact) mass is 304 g/mol. The first-order chi connectivity index (χ1) is 6.50. The summed E-state index contributed by atoms with van der Waals surface area (Å²) in [5, 5.41) is 0. The van der Waals surface area contributed by atoms with Crippen LogP contribution in [0, 0.1) is 10.5 Å². The molecule has 0 aromatic heterocycles. The van der Waals surface area contributed by atoms with Gasteiger partial charge in [-0.25, -0.2) is 4.79 Å². The van der Waals surface area contributed by atoms with Crippen LogP contribution >= 0.6 is 22.6 Å². The highest BCUT2D eigenvalue weighted by Gasteiger charge is 2.09. The molecule has 0 unspecified atom stereocenters. The Labute approximate surface area is 97.8 Å². The minimum atomic E-state index is -0.252. The number of hydrogen-bond donors (Lipinski definition) is 0. The topological polar surface area (TPSA) is 26.3 Å². The van der Waals surface area contributed by atoms with Gasteiger partial charge in [0.1, 0.15) is 0 Å². The number of benzene rings is 1. The highest BCUT2D eigenvalue weighted by Crippen LogP contribution is 2.14. The summed E-state index contributed by atoms with van der Waals surface area (Å²) in [7, 11) is 0. The van der Waals surface area contributed by atoms with E-state index in [2.05, 4.69) is 22.6 Å². The van der Waals surface area contributed by atoms with Gasteiger partial charge < -0.3 is 4.74 Å². The summed E-state index contributed by atoms with van der Waals surface area (Å²) in [4.78, 5) is 11.5. The molecular weight excluding hydrogens is 291 g/mol. The maximum absolute atomic E-state index is 11.5. The van der Waals surface area contributed by atoms with Crippen molar-refractivity contribution in [2.75, 3.05) is 0 Å². The van der Waals surface area contributed by atoms with Crippen LogP contribution in [0.1, 0.15) is 29.8 Å². The first kappa shape index (κ1) is 11.5. The average molecular weight is 304 g/mol. The number of ether oxygens (including phenoxy) is 1. The van der Waals surface area contributed by atoms with Crippen molar-refractivity contribution in [1.82, 2.24) is 0 Å². The molecule has 1 aromatic carbocycles. The summed E-state index contributed by atoms with van der Waals surface area (Å²) in [6.07, 6.45) is -0.0681. The van der Waals surface area contributed by atoms with Crippen LogP contribution in [0.4, 0.5) is 0 Å². The smallest absolute Gasteiger partial charge is 0.338 e. The highest BCUT2D eigenvalue weighted by atomic mass is 127. The van der Waals surface area contributed by atoms with Crippen molar-refractivity contribution in [3.63, 3.8) is 0 Å². The summed E-state index contributed by atoms with van der Waals surface area (Å²) >= 11 is 2.21. The summed E-state index contributed by atoms with van der Waals surface area (Å²) in [6, 6.07) is 5.57. The van der Waals surface area contributed by atoms with Gasteiger partial charge in [-0.1, -0.05) is 6.07 Å². The standard InChI is InChI=1S/C11H13IO2/c1-7(2)14-11(13)9-5-4-8(3)10(12)6-9/h4-7H,1-3H3. The summed E-state index contributed by atoms with van der Waals surface area (Å²) < 4.78 is 6.17. The number of hydrogen-bond acceptors (Lipinski definition) is 2. The lowest BCUT2D eigenvalue weighted by atomic mass is 10.1. The summed E-state index contributed by atoms with van der Waals surface area (Å²) in [5.41, 5.74) is 1.79. The first-order valence-electron chi connectivity index (χ1n) is 4.48. The third kappa shape index (κ3) is 2.97. The molecule has 0 N–H and O–H groups in total. The Morgan fingerprint density at radius 3 is 2.57 bits per heavy atom. The third-order valence-corrected chi connectivity index (χ3v) is 2.91. The van der Waals surface area contributed by atoms with E-state index in [1.54, 1.807) is 6.07 Å². The van der Waals surface area contributed by atoms with Crippen LogP contribution in [0.15, 0.2) is 18.2 Å². The molecule has 0 saturated heterocycles. The third-order valence-electron chi connectivity index (χ3n) is 1.75. The molecule has 0 spiro atoms. The molecule has 0 amide bonds. The zero-order valence-corrected chi connectivity index (χ0v) is 10.7. The van der Waals surface area contributed by atoms with Gasteiger partial charge in [0.15, 0.2) is 0 Å². The minimum absolute atomic E-state index is 0.0681. The molecule has 2 nitrogen and oxygen atoms in total. The number of aryl methyl sites for hydroxylation is 1. The number of halogens is 1. The van der Waals surface area contributed by atoms with Crippen molar-refractivity contribution in [3.8, 4) is 0 Å². The van der Waals surface area contributed by atoms with Gasteiger partial charge >= 0.3 is 5.97 Å². The fourth-order valence-corrected chi connectivity index (χ4v) is 1.52. The Morgan fingerprint density at radius 1 is 1.43 bits per heavy atom. The Bertz CT molecular complexity index is 345. The zero-order chi connectivity index (χ0) is 10.7. The van der Waals surface area contributed by atoms with Crippen molar-refractivity contribution < 1.29 is 9.53 Å². The summed E-state index contributed by atoms with van der Waals surface area (Å²) in [6.45, 7) is 5.70. The Hall–Kier alpha value is -0.580. The molecule has 0 fully saturated rings. The van der Waals surface area contributed by atoms with E-state index in [1.807, 2.05) is 32.9 Å². The van der Waals surface area contributed by atoms with Crippen LogP contribution in [-0.4, -0.2) is 12.1 Å². The lowest BCUT2D eigenvalue weighted by molar-refractivity contribution is 0.0378. The second kappa shape index (κ2) is 4.77. The van der Waals surface area contributed by atoms with Gasteiger partial charge in [0, 0.05) is 3.57 Å². The van der Waals surface area contributed by atoms with E-state index in [0.717, 1.165) is 3.57 Å². The average Bonchev–Trinajstić information content (AvgIpc) is 2.08. The van der Waals surface area contributed by atoms with E-state index in [4.69, 9.17) is 4.74 Å². The van der Waals surface area contributed by atoms with Crippen LogP contribution in [0.2, 0.25) is 0 Å². The molecule has 1 rings (SSSR count). The van der Waals surface area contributed by atoms with E-state index >= 15 is 0 Å². The minimum Gasteiger partial charge on any atom is -0.459 e. The van der Waals surface area contributed by atoms with Crippen molar-refractivity contribution in [2.24, 2.45) is 0 Å². The van der Waals surface area contributed by atoms with Crippen molar-refractivity contribution >= 4 is 28.6 Å². The number of rotatable bonds is 2. The molecule has 0 radical (unpaired) electrons. The lowest BCUT2D eigenvalue weighted by Crippen LogP contribution is -2.11. The van der Waals surface area contributed by atoms with Crippen molar-refractivity contribution in [2.45, 2.75) is 26.9 Å². The number of esters is 1. The molecule has 14 heavy (non-hydrogen) atoms. The van der Waals surface area contributed by atoms with Gasteiger partial charge in [-0.05, 0) is 61.1 Å². The van der Waals surface area contributed by atoms with Crippen LogP contribution in [0.3, 0.4) is 0 Å². The van der Waals surface area contributed by atoms with Crippen LogP contribution in [0.5, 0.6) is 0 Å². The molecule has 0 bridgehead atoms. The number of carbonyl (C=O) groups excluding carboxylic acids is 1. The Kier molecular flexibility index (Phi) is 3.92. The Morgan fingerprint density at radius 2 is 2.07 bits per heavy atom. The molecule has 0 heterocycles. The maximum Gasteiger partial charge on any atom is 0.338 e. The molecule has 0 saturated carbocycles. The predicted octanol–water partition coefficient (Wildman–Crippen LogP) is 3.16. The molecule has 0 atom stereocenters. The van der Waals surface area contributed by atoms with Crippen LogP contribution in [-0.2, 0) is 4.74 Å². The second-order valence-corrected chi connectivity index (χ2v) is 4.58. The van der Waals surface area contributed by atoms with Gasteiger partial charge in [0.05, 0.1) is 11.7 Å². The zero-order valence-electron chi connectivity index (χ0n) is 8.50.